The third-order valence-corrected chi connectivity index (χ3v) is 3.00. The number of hydrogen-bond acceptors (Lipinski definition) is 3. The maximum absolute atomic E-state index is 8.63. The van der Waals surface area contributed by atoms with E-state index in [1.54, 1.807) is 48.5 Å². The number of halogens is 1. The van der Waals surface area contributed by atoms with Gasteiger partial charge in [0.1, 0.15) is 17.1 Å². The minimum Gasteiger partial charge on any atom is -0.508 e. The van der Waals surface area contributed by atoms with E-state index in [1.165, 1.54) is 0 Å². The van der Waals surface area contributed by atoms with Crippen LogP contribution < -0.4 is 0 Å². The molecule has 108 valence electrons. The molecule has 0 spiro atoms. The standard InChI is InChI=1S/2C6H6O.C4H7ClO/c2*7-6-4-2-1-3-5-6;1-4(2-5)3-6-4/h2*1-5,7H;2-3H2,1H3. The molecule has 4 heteroatoms. The summed E-state index contributed by atoms with van der Waals surface area (Å²) in [6.45, 7) is 2.84. The van der Waals surface area contributed by atoms with E-state index >= 15 is 0 Å². The van der Waals surface area contributed by atoms with Crippen molar-refractivity contribution in [3.63, 3.8) is 0 Å². The van der Waals surface area contributed by atoms with Gasteiger partial charge in [-0.2, -0.15) is 0 Å². The lowest BCUT2D eigenvalue weighted by Gasteiger charge is -1.90. The van der Waals surface area contributed by atoms with Crippen molar-refractivity contribution in [2.45, 2.75) is 12.5 Å². The summed E-state index contributed by atoms with van der Waals surface area (Å²) >= 11 is 5.42. The number of phenolic OH excluding ortho intramolecular Hbond substituents is 2. The van der Waals surface area contributed by atoms with Crippen LogP contribution in [0.25, 0.3) is 0 Å². The Hall–Kier alpha value is -1.71. The summed E-state index contributed by atoms with van der Waals surface area (Å²) < 4.78 is 4.91. The number of phenols is 2. The van der Waals surface area contributed by atoms with Crippen LogP contribution in [-0.2, 0) is 4.74 Å². The van der Waals surface area contributed by atoms with Crippen molar-refractivity contribution in [1.29, 1.82) is 0 Å². The third-order valence-electron chi connectivity index (χ3n) is 2.43. The van der Waals surface area contributed by atoms with Crippen LogP contribution in [0.3, 0.4) is 0 Å². The molecule has 1 aliphatic heterocycles. The lowest BCUT2D eigenvalue weighted by Crippen LogP contribution is -2.04. The highest BCUT2D eigenvalue weighted by Gasteiger charge is 2.37. The topological polar surface area (TPSA) is 53.0 Å². The first-order chi connectivity index (χ1) is 9.56. The van der Waals surface area contributed by atoms with Crippen LogP contribution in [-0.4, -0.2) is 28.3 Å². The summed E-state index contributed by atoms with van der Waals surface area (Å²) in [6.07, 6.45) is 0. The fourth-order valence-electron chi connectivity index (χ4n) is 1.06. The molecule has 0 amide bonds. The molecule has 20 heavy (non-hydrogen) atoms. The molecule has 2 aromatic carbocycles. The fraction of sp³-hybridized carbons (Fsp3) is 0.250. The molecular formula is C16H19ClO3. The Kier molecular flexibility index (Phi) is 6.91. The Balaban J connectivity index is 0.000000151. The Labute approximate surface area is 124 Å². The van der Waals surface area contributed by atoms with Gasteiger partial charge in [-0.25, -0.2) is 0 Å². The molecule has 0 bridgehead atoms. The zero-order chi connectivity index (χ0) is 14.8. The van der Waals surface area contributed by atoms with Gasteiger partial charge in [-0.3, -0.25) is 0 Å². The van der Waals surface area contributed by atoms with Crippen molar-refractivity contribution < 1.29 is 14.9 Å². The zero-order valence-electron chi connectivity index (χ0n) is 11.4. The van der Waals surface area contributed by atoms with Crippen molar-refractivity contribution in [3.05, 3.63) is 60.7 Å². The van der Waals surface area contributed by atoms with E-state index in [2.05, 4.69) is 0 Å². The first-order valence-corrected chi connectivity index (χ1v) is 6.77. The second-order valence-electron chi connectivity index (χ2n) is 4.54. The van der Waals surface area contributed by atoms with E-state index in [0.717, 1.165) is 6.61 Å². The molecule has 1 fully saturated rings. The van der Waals surface area contributed by atoms with Crippen molar-refractivity contribution in [3.8, 4) is 11.5 Å². The van der Waals surface area contributed by atoms with E-state index in [9.17, 15) is 0 Å². The molecule has 0 aromatic heterocycles. The second-order valence-corrected chi connectivity index (χ2v) is 4.81. The molecule has 3 rings (SSSR count). The van der Waals surface area contributed by atoms with Crippen molar-refractivity contribution in [1.82, 2.24) is 0 Å². The van der Waals surface area contributed by atoms with Gasteiger partial charge < -0.3 is 14.9 Å². The number of rotatable bonds is 1. The summed E-state index contributed by atoms with van der Waals surface area (Å²) in [7, 11) is 0. The lowest BCUT2D eigenvalue weighted by molar-refractivity contribution is 0.347. The predicted molar refractivity (Wildman–Crippen MR) is 81.3 cm³/mol. The highest BCUT2D eigenvalue weighted by Crippen LogP contribution is 2.26. The van der Waals surface area contributed by atoms with E-state index in [-0.39, 0.29) is 5.60 Å². The Bertz CT molecular complexity index is 432. The SMILES string of the molecule is CC1(CCl)CO1.Oc1ccccc1.Oc1ccccc1. The summed E-state index contributed by atoms with van der Waals surface area (Å²) in [5.41, 5.74) is 0.0571. The zero-order valence-corrected chi connectivity index (χ0v) is 12.1. The molecule has 0 aliphatic carbocycles. The molecule has 2 aromatic rings. The summed E-state index contributed by atoms with van der Waals surface area (Å²) in [4.78, 5) is 0. The van der Waals surface area contributed by atoms with Crippen LogP contribution in [0.4, 0.5) is 0 Å². The average molecular weight is 295 g/mol. The van der Waals surface area contributed by atoms with Crippen LogP contribution in [0, 0.1) is 0 Å². The summed E-state index contributed by atoms with van der Waals surface area (Å²) in [6, 6.07) is 17.4. The molecule has 1 atom stereocenters. The van der Waals surface area contributed by atoms with E-state index in [0.29, 0.717) is 17.4 Å². The number of ether oxygens (including phenoxy) is 1. The van der Waals surface area contributed by atoms with Gasteiger partial charge in [-0.1, -0.05) is 36.4 Å². The monoisotopic (exact) mass is 294 g/mol. The van der Waals surface area contributed by atoms with Crippen LogP contribution in [0.1, 0.15) is 6.92 Å². The van der Waals surface area contributed by atoms with E-state index < -0.39 is 0 Å². The predicted octanol–water partition coefficient (Wildman–Crippen LogP) is 3.80. The number of para-hydroxylation sites is 2. The minimum atomic E-state index is 0.0571. The van der Waals surface area contributed by atoms with Crippen LogP contribution in [0.5, 0.6) is 11.5 Å². The fourth-order valence-corrected chi connectivity index (χ4v) is 1.21. The first kappa shape index (κ1) is 16.3. The van der Waals surface area contributed by atoms with Crippen molar-refractivity contribution in [2.24, 2.45) is 0 Å². The van der Waals surface area contributed by atoms with Gasteiger partial charge in [0, 0.05) is 0 Å². The van der Waals surface area contributed by atoms with E-state index in [4.69, 9.17) is 26.6 Å². The van der Waals surface area contributed by atoms with Crippen LogP contribution >= 0.6 is 11.6 Å². The highest BCUT2D eigenvalue weighted by molar-refractivity contribution is 6.18. The quantitative estimate of drug-likeness (QED) is 0.621. The number of benzene rings is 2. The highest BCUT2D eigenvalue weighted by atomic mass is 35.5. The number of epoxide rings is 1. The number of hydrogen-bond donors (Lipinski definition) is 2. The maximum Gasteiger partial charge on any atom is 0.115 e. The molecule has 1 saturated heterocycles. The van der Waals surface area contributed by atoms with Crippen LogP contribution in [0.2, 0.25) is 0 Å². The molecule has 0 saturated carbocycles. The van der Waals surface area contributed by atoms with Gasteiger partial charge in [0.15, 0.2) is 0 Å². The van der Waals surface area contributed by atoms with Crippen molar-refractivity contribution >= 4 is 11.6 Å². The summed E-state index contributed by atoms with van der Waals surface area (Å²) in [5, 5.41) is 17.3. The second kappa shape index (κ2) is 8.46. The molecule has 0 radical (unpaired) electrons. The van der Waals surface area contributed by atoms with Gasteiger partial charge in [0.05, 0.1) is 12.5 Å². The number of alkyl halides is 1. The smallest absolute Gasteiger partial charge is 0.115 e. The average Bonchev–Trinajstić information content (AvgIpc) is 3.21. The van der Waals surface area contributed by atoms with Gasteiger partial charge in [-0.15, -0.1) is 11.6 Å². The molecule has 1 aliphatic rings. The Morgan fingerprint density at radius 2 is 1.30 bits per heavy atom. The molecule has 1 heterocycles. The minimum absolute atomic E-state index is 0.0571. The van der Waals surface area contributed by atoms with Gasteiger partial charge >= 0.3 is 0 Å². The molecule has 3 nitrogen and oxygen atoms in total. The normalized spacial score (nSPS) is 18.9. The summed E-state index contributed by atoms with van der Waals surface area (Å²) in [5.74, 6) is 1.28. The van der Waals surface area contributed by atoms with Gasteiger partial charge in [-0.05, 0) is 31.2 Å². The van der Waals surface area contributed by atoms with Gasteiger partial charge in [0.2, 0.25) is 0 Å². The van der Waals surface area contributed by atoms with Gasteiger partial charge in [0.25, 0.3) is 0 Å². The van der Waals surface area contributed by atoms with E-state index in [1.807, 2.05) is 19.1 Å². The lowest BCUT2D eigenvalue weighted by atomic mass is 10.3. The van der Waals surface area contributed by atoms with Crippen LogP contribution in [0.15, 0.2) is 60.7 Å². The molecular weight excluding hydrogens is 276 g/mol. The van der Waals surface area contributed by atoms with Crippen molar-refractivity contribution in [2.75, 3.05) is 12.5 Å². The molecule has 1 unspecified atom stereocenters. The largest absolute Gasteiger partial charge is 0.508 e. The number of aromatic hydroxyl groups is 2. The maximum atomic E-state index is 8.63. The Morgan fingerprint density at radius 3 is 1.40 bits per heavy atom. The Morgan fingerprint density at radius 1 is 0.950 bits per heavy atom. The third kappa shape index (κ3) is 7.67. The molecule has 2 N–H and O–H groups in total. The first-order valence-electron chi connectivity index (χ1n) is 6.24.